The van der Waals surface area contributed by atoms with E-state index in [4.69, 9.17) is 11.0 Å². The highest BCUT2D eigenvalue weighted by molar-refractivity contribution is 7.17. The second-order valence-electron chi connectivity index (χ2n) is 5.29. The van der Waals surface area contributed by atoms with E-state index in [1.165, 1.54) is 22.6 Å². The van der Waals surface area contributed by atoms with E-state index in [9.17, 15) is 0 Å². The van der Waals surface area contributed by atoms with Crippen LogP contribution in [0, 0.1) is 18.3 Å². The van der Waals surface area contributed by atoms with Crippen LogP contribution >= 0.6 is 11.3 Å². The molecular formula is C16H18N4S. The van der Waals surface area contributed by atoms with Crippen LogP contribution in [0.1, 0.15) is 10.4 Å². The van der Waals surface area contributed by atoms with Crippen molar-refractivity contribution in [2.24, 2.45) is 0 Å². The largest absolute Gasteiger partial charge is 0.397 e. The summed E-state index contributed by atoms with van der Waals surface area (Å²) in [5.74, 6) is 0. The Bertz CT molecular complexity index is 678. The summed E-state index contributed by atoms with van der Waals surface area (Å²) in [5.41, 5.74) is 9.02. The maximum Gasteiger partial charge on any atom is 0.129 e. The van der Waals surface area contributed by atoms with Gasteiger partial charge in [-0.1, -0.05) is 12.1 Å². The van der Waals surface area contributed by atoms with E-state index < -0.39 is 0 Å². The molecule has 2 aromatic rings. The normalized spacial score (nSPS) is 15.0. The topological polar surface area (TPSA) is 56.3 Å². The van der Waals surface area contributed by atoms with Crippen LogP contribution in [0.2, 0.25) is 0 Å². The summed E-state index contributed by atoms with van der Waals surface area (Å²) < 4.78 is 0. The number of nitrogens with two attached hydrogens (primary N) is 1. The standard InChI is InChI=1S/C16H18N4S/c1-12-3-2-4-13(9-12)19-5-7-20(8-6-19)16-10-14(18)15(11-17)21-16/h2-4,9-10H,5-8,18H2,1H3. The monoisotopic (exact) mass is 298 g/mol. The molecule has 0 amide bonds. The summed E-state index contributed by atoms with van der Waals surface area (Å²) in [4.78, 5) is 5.34. The number of rotatable bonds is 2. The molecule has 1 saturated heterocycles. The Kier molecular flexibility index (Phi) is 3.72. The predicted molar refractivity (Wildman–Crippen MR) is 89.1 cm³/mol. The summed E-state index contributed by atoms with van der Waals surface area (Å²) in [6.45, 7) is 6.02. The molecule has 1 fully saturated rings. The summed E-state index contributed by atoms with van der Waals surface area (Å²) in [6, 6.07) is 12.7. The van der Waals surface area contributed by atoms with E-state index in [-0.39, 0.29) is 0 Å². The van der Waals surface area contributed by atoms with Gasteiger partial charge in [-0.15, -0.1) is 11.3 Å². The zero-order valence-corrected chi connectivity index (χ0v) is 12.9. The number of nitrogen functional groups attached to an aromatic ring is 1. The number of hydrogen-bond donors (Lipinski definition) is 1. The van der Waals surface area contributed by atoms with Crippen molar-refractivity contribution in [3.63, 3.8) is 0 Å². The SMILES string of the molecule is Cc1cccc(N2CCN(c3cc(N)c(C#N)s3)CC2)c1. The van der Waals surface area contributed by atoms with Crippen molar-refractivity contribution in [3.8, 4) is 6.07 Å². The number of nitrogens with zero attached hydrogens (tertiary/aromatic N) is 3. The van der Waals surface area contributed by atoms with Crippen molar-refractivity contribution in [1.29, 1.82) is 5.26 Å². The fourth-order valence-electron chi connectivity index (χ4n) is 2.64. The molecule has 0 radical (unpaired) electrons. The quantitative estimate of drug-likeness (QED) is 0.926. The maximum absolute atomic E-state index is 9.00. The van der Waals surface area contributed by atoms with Gasteiger partial charge in [-0.25, -0.2) is 0 Å². The first kappa shape index (κ1) is 13.8. The zero-order valence-electron chi connectivity index (χ0n) is 12.0. The van der Waals surface area contributed by atoms with Crippen molar-refractivity contribution in [2.45, 2.75) is 6.92 Å². The van der Waals surface area contributed by atoms with Crippen molar-refractivity contribution >= 4 is 27.7 Å². The highest BCUT2D eigenvalue weighted by Gasteiger charge is 2.20. The summed E-state index contributed by atoms with van der Waals surface area (Å²) in [5, 5.41) is 10.1. The van der Waals surface area contributed by atoms with Crippen molar-refractivity contribution in [2.75, 3.05) is 41.7 Å². The molecule has 1 aliphatic heterocycles. The molecule has 1 aliphatic rings. The third kappa shape index (κ3) is 2.81. The Hall–Kier alpha value is -2.19. The smallest absolute Gasteiger partial charge is 0.129 e. The molecule has 21 heavy (non-hydrogen) atoms. The van der Waals surface area contributed by atoms with E-state index in [2.05, 4.69) is 47.1 Å². The first-order valence-electron chi connectivity index (χ1n) is 7.03. The Balaban J connectivity index is 1.69. The molecule has 3 rings (SSSR count). The number of nitriles is 1. The minimum absolute atomic E-state index is 0.596. The number of piperazine rings is 1. The predicted octanol–water partition coefficient (Wildman–Crippen LogP) is 2.84. The van der Waals surface area contributed by atoms with E-state index in [1.54, 1.807) is 0 Å². The van der Waals surface area contributed by atoms with Gasteiger partial charge in [0, 0.05) is 31.9 Å². The molecule has 2 N–H and O–H groups in total. The molecule has 0 spiro atoms. The Labute approximate surface area is 129 Å². The fraction of sp³-hybridized carbons (Fsp3) is 0.312. The zero-order chi connectivity index (χ0) is 14.8. The van der Waals surface area contributed by atoms with Gasteiger partial charge >= 0.3 is 0 Å². The van der Waals surface area contributed by atoms with E-state index in [1.807, 2.05) is 6.07 Å². The van der Waals surface area contributed by atoms with Crippen LogP contribution in [0.25, 0.3) is 0 Å². The number of anilines is 3. The minimum Gasteiger partial charge on any atom is -0.397 e. The van der Waals surface area contributed by atoms with Gasteiger partial charge in [0.2, 0.25) is 0 Å². The van der Waals surface area contributed by atoms with Gasteiger partial charge in [0.15, 0.2) is 0 Å². The van der Waals surface area contributed by atoms with Crippen LogP contribution < -0.4 is 15.5 Å². The fourth-order valence-corrected chi connectivity index (χ4v) is 3.57. The lowest BCUT2D eigenvalue weighted by molar-refractivity contribution is 0.657. The van der Waals surface area contributed by atoms with Gasteiger partial charge in [-0.05, 0) is 30.7 Å². The second kappa shape index (κ2) is 5.66. The van der Waals surface area contributed by atoms with Gasteiger partial charge in [0.25, 0.3) is 0 Å². The van der Waals surface area contributed by atoms with Gasteiger partial charge in [0.05, 0.1) is 10.7 Å². The number of hydrogen-bond acceptors (Lipinski definition) is 5. The molecule has 0 unspecified atom stereocenters. The van der Waals surface area contributed by atoms with Crippen LogP contribution in [-0.4, -0.2) is 26.2 Å². The average molecular weight is 298 g/mol. The van der Waals surface area contributed by atoms with Crippen molar-refractivity contribution < 1.29 is 0 Å². The van der Waals surface area contributed by atoms with Crippen LogP contribution in [-0.2, 0) is 0 Å². The molecule has 0 atom stereocenters. The molecule has 0 saturated carbocycles. The first-order chi connectivity index (χ1) is 10.2. The maximum atomic E-state index is 9.00. The Morgan fingerprint density at radius 2 is 1.86 bits per heavy atom. The molecule has 0 aliphatic carbocycles. The van der Waals surface area contributed by atoms with Gasteiger partial charge in [0.1, 0.15) is 10.9 Å². The van der Waals surface area contributed by atoms with Crippen molar-refractivity contribution in [3.05, 3.63) is 40.8 Å². The summed E-state index contributed by atoms with van der Waals surface area (Å²) >= 11 is 1.49. The van der Waals surface area contributed by atoms with Crippen molar-refractivity contribution in [1.82, 2.24) is 0 Å². The molecular weight excluding hydrogens is 280 g/mol. The summed E-state index contributed by atoms with van der Waals surface area (Å²) in [6.07, 6.45) is 0. The van der Waals surface area contributed by atoms with Crippen LogP contribution in [0.3, 0.4) is 0 Å². The molecule has 0 bridgehead atoms. The van der Waals surface area contributed by atoms with E-state index >= 15 is 0 Å². The third-order valence-corrected chi connectivity index (χ3v) is 4.92. The average Bonchev–Trinajstić information content (AvgIpc) is 2.88. The van der Waals surface area contributed by atoms with Crippen LogP contribution in [0.15, 0.2) is 30.3 Å². The first-order valence-corrected chi connectivity index (χ1v) is 7.85. The second-order valence-corrected chi connectivity index (χ2v) is 6.32. The van der Waals surface area contributed by atoms with Crippen LogP contribution in [0.4, 0.5) is 16.4 Å². The molecule has 2 heterocycles. The van der Waals surface area contributed by atoms with Gasteiger partial charge < -0.3 is 15.5 Å². The molecule has 5 heteroatoms. The number of thiophene rings is 1. The van der Waals surface area contributed by atoms with Crippen LogP contribution in [0.5, 0.6) is 0 Å². The molecule has 1 aromatic carbocycles. The molecule has 1 aromatic heterocycles. The molecule has 4 nitrogen and oxygen atoms in total. The lowest BCUT2D eigenvalue weighted by atomic mass is 10.2. The van der Waals surface area contributed by atoms with Gasteiger partial charge in [-0.2, -0.15) is 5.26 Å². The minimum atomic E-state index is 0.596. The van der Waals surface area contributed by atoms with E-state index in [0.29, 0.717) is 10.6 Å². The lowest BCUT2D eigenvalue weighted by Crippen LogP contribution is -2.46. The number of benzene rings is 1. The lowest BCUT2D eigenvalue weighted by Gasteiger charge is -2.36. The number of aryl methyl sites for hydroxylation is 1. The van der Waals surface area contributed by atoms with E-state index in [0.717, 1.165) is 31.2 Å². The third-order valence-electron chi connectivity index (χ3n) is 3.81. The highest BCUT2D eigenvalue weighted by Crippen LogP contribution is 2.32. The summed E-state index contributed by atoms with van der Waals surface area (Å²) in [7, 11) is 0. The highest BCUT2D eigenvalue weighted by atomic mass is 32.1. The molecule has 108 valence electrons. The Morgan fingerprint density at radius 1 is 1.14 bits per heavy atom. The Morgan fingerprint density at radius 3 is 2.48 bits per heavy atom. The van der Waals surface area contributed by atoms with Gasteiger partial charge in [-0.3, -0.25) is 0 Å².